The Morgan fingerprint density at radius 2 is 2.07 bits per heavy atom. The molecule has 2 heterocycles. The number of hydrogen-bond acceptors (Lipinski definition) is 5. The molecule has 0 aliphatic heterocycles. The minimum absolute atomic E-state index is 0.142. The summed E-state index contributed by atoms with van der Waals surface area (Å²) >= 11 is 6.22. The molecule has 28 heavy (non-hydrogen) atoms. The van der Waals surface area contributed by atoms with Gasteiger partial charge in [-0.25, -0.2) is 14.4 Å². The highest BCUT2D eigenvalue weighted by molar-refractivity contribution is 6.33. The van der Waals surface area contributed by atoms with E-state index < -0.39 is 0 Å². The first-order valence-electron chi connectivity index (χ1n) is 8.94. The van der Waals surface area contributed by atoms with Gasteiger partial charge in [-0.3, -0.25) is 4.79 Å². The monoisotopic (exact) mass is 400 g/mol. The second-order valence-electron chi connectivity index (χ2n) is 6.61. The molecule has 1 aromatic carbocycles. The SMILES string of the molecule is O=C(c1nc(NCc2ccco2)ncc1Cl)N(Cc1ccc(F)cc1)C1CC1. The Bertz CT molecular complexity index is 959. The van der Waals surface area contributed by atoms with Crippen LogP contribution in [-0.4, -0.2) is 26.8 Å². The van der Waals surface area contributed by atoms with Crippen LogP contribution in [0.3, 0.4) is 0 Å². The Labute approximate surface area is 166 Å². The van der Waals surface area contributed by atoms with Crippen LogP contribution in [0.5, 0.6) is 0 Å². The number of hydrogen-bond donors (Lipinski definition) is 1. The molecular weight excluding hydrogens is 383 g/mol. The lowest BCUT2D eigenvalue weighted by Gasteiger charge is -2.22. The third kappa shape index (κ3) is 4.31. The van der Waals surface area contributed by atoms with Crippen LogP contribution in [0.4, 0.5) is 10.3 Å². The van der Waals surface area contributed by atoms with Gasteiger partial charge in [-0.05, 0) is 42.7 Å². The van der Waals surface area contributed by atoms with Gasteiger partial charge in [0.2, 0.25) is 5.95 Å². The number of benzene rings is 1. The maximum atomic E-state index is 13.2. The van der Waals surface area contributed by atoms with Crippen LogP contribution in [0.1, 0.15) is 34.7 Å². The first-order chi connectivity index (χ1) is 13.6. The zero-order chi connectivity index (χ0) is 19.5. The fraction of sp³-hybridized carbons (Fsp3) is 0.250. The van der Waals surface area contributed by atoms with Crippen molar-refractivity contribution >= 4 is 23.5 Å². The average molecular weight is 401 g/mol. The van der Waals surface area contributed by atoms with Gasteiger partial charge < -0.3 is 14.6 Å². The largest absolute Gasteiger partial charge is 0.467 e. The number of anilines is 1. The van der Waals surface area contributed by atoms with Gasteiger partial charge in [0.05, 0.1) is 24.0 Å². The number of carbonyl (C=O) groups excluding carboxylic acids is 1. The number of aromatic nitrogens is 2. The summed E-state index contributed by atoms with van der Waals surface area (Å²) in [6.45, 7) is 0.767. The Morgan fingerprint density at radius 3 is 2.75 bits per heavy atom. The summed E-state index contributed by atoms with van der Waals surface area (Å²) in [5.74, 6) is 0.448. The van der Waals surface area contributed by atoms with E-state index in [9.17, 15) is 9.18 Å². The fourth-order valence-electron chi connectivity index (χ4n) is 2.86. The van der Waals surface area contributed by atoms with Crippen molar-refractivity contribution in [2.45, 2.75) is 32.0 Å². The average Bonchev–Trinajstić information content (AvgIpc) is 3.41. The normalized spacial score (nSPS) is 13.4. The molecule has 2 aromatic heterocycles. The number of amides is 1. The van der Waals surface area contributed by atoms with Crippen LogP contribution in [0, 0.1) is 5.82 Å². The second-order valence-corrected chi connectivity index (χ2v) is 7.02. The summed E-state index contributed by atoms with van der Waals surface area (Å²) in [5, 5.41) is 3.22. The zero-order valence-corrected chi connectivity index (χ0v) is 15.7. The maximum Gasteiger partial charge on any atom is 0.274 e. The first kappa shape index (κ1) is 18.4. The number of halogens is 2. The van der Waals surface area contributed by atoms with Crippen molar-refractivity contribution in [1.82, 2.24) is 14.9 Å². The summed E-state index contributed by atoms with van der Waals surface area (Å²) in [4.78, 5) is 23.3. The molecule has 6 nitrogen and oxygen atoms in total. The predicted molar refractivity (Wildman–Crippen MR) is 102 cm³/mol. The van der Waals surface area contributed by atoms with E-state index >= 15 is 0 Å². The number of carbonyl (C=O) groups is 1. The van der Waals surface area contributed by atoms with Gasteiger partial charge in [0.25, 0.3) is 5.91 Å². The van der Waals surface area contributed by atoms with Gasteiger partial charge in [-0.1, -0.05) is 23.7 Å². The highest BCUT2D eigenvalue weighted by Gasteiger charge is 2.34. The molecule has 0 radical (unpaired) electrons. The Morgan fingerprint density at radius 1 is 1.29 bits per heavy atom. The summed E-state index contributed by atoms with van der Waals surface area (Å²) in [6, 6.07) is 9.89. The van der Waals surface area contributed by atoms with Crippen molar-refractivity contribution in [3.8, 4) is 0 Å². The lowest BCUT2D eigenvalue weighted by Crippen LogP contribution is -2.33. The Balaban J connectivity index is 1.52. The van der Waals surface area contributed by atoms with Crippen molar-refractivity contribution in [3.05, 3.63) is 76.7 Å². The molecule has 0 unspecified atom stereocenters. The molecular formula is C20H18ClFN4O2. The lowest BCUT2D eigenvalue weighted by molar-refractivity contribution is 0.0724. The molecule has 1 aliphatic rings. The second kappa shape index (κ2) is 7.98. The van der Waals surface area contributed by atoms with Gasteiger partial charge in [0.15, 0.2) is 5.69 Å². The molecule has 1 fully saturated rings. The van der Waals surface area contributed by atoms with Crippen LogP contribution in [0.2, 0.25) is 5.02 Å². The van der Waals surface area contributed by atoms with Crippen LogP contribution in [-0.2, 0) is 13.1 Å². The number of furan rings is 1. The van der Waals surface area contributed by atoms with Crippen LogP contribution < -0.4 is 5.32 Å². The summed E-state index contributed by atoms with van der Waals surface area (Å²) in [5.41, 5.74) is 0.996. The van der Waals surface area contributed by atoms with Crippen molar-refractivity contribution in [2.75, 3.05) is 5.32 Å². The quantitative estimate of drug-likeness (QED) is 0.641. The van der Waals surface area contributed by atoms with Gasteiger partial charge >= 0.3 is 0 Å². The lowest BCUT2D eigenvalue weighted by atomic mass is 10.2. The van der Waals surface area contributed by atoms with E-state index in [2.05, 4.69) is 15.3 Å². The number of nitrogens with one attached hydrogen (secondary N) is 1. The minimum Gasteiger partial charge on any atom is -0.467 e. The van der Waals surface area contributed by atoms with Crippen LogP contribution in [0.15, 0.2) is 53.3 Å². The van der Waals surface area contributed by atoms with E-state index in [4.69, 9.17) is 16.0 Å². The van der Waals surface area contributed by atoms with Crippen molar-refractivity contribution in [1.29, 1.82) is 0 Å². The molecule has 0 spiro atoms. The molecule has 1 saturated carbocycles. The Kier molecular flexibility index (Phi) is 5.25. The zero-order valence-electron chi connectivity index (χ0n) is 14.9. The fourth-order valence-corrected chi connectivity index (χ4v) is 3.03. The molecule has 8 heteroatoms. The summed E-state index contributed by atoms with van der Waals surface area (Å²) in [6.07, 6.45) is 4.85. The van der Waals surface area contributed by atoms with E-state index in [1.165, 1.54) is 18.3 Å². The van der Waals surface area contributed by atoms with Crippen LogP contribution in [0.25, 0.3) is 0 Å². The van der Waals surface area contributed by atoms with Crippen molar-refractivity contribution in [2.24, 2.45) is 0 Å². The van der Waals surface area contributed by atoms with E-state index in [0.717, 1.165) is 24.2 Å². The topological polar surface area (TPSA) is 71.3 Å². The molecule has 144 valence electrons. The van der Waals surface area contributed by atoms with E-state index in [1.807, 2.05) is 6.07 Å². The molecule has 1 N–H and O–H groups in total. The van der Waals surface area contributed by atoms with Gasteiger partial charge in [0, 0.05) is 12.6 Å². The highest BCUT2D eigenvalue weighted by atomic mass is 35.5. The number of rotatable bonds is 7. The maximum absolute atomic E-state index is 13.2. The van der Waals surface area contributed by atoms with Gasteiger partial charge in [-0.2, -0.15) is 0 Å². The molecule has 0 atom stereocenters. The molecule has 0 bridgehead atoms. The summed E-state index contributed by atoms with van der Waals surface area (Å²) in [7, 11) is 0. The molecule has 4 rings (SSSR count). The standard InChI is InChI=1S/C20H18ClFN4O2/c21-17-11-24-20(23-10-16-2-1-9-28-16)25-18(17)19(27)26(15-7-8-15)12-13-3-5-14(22)6-4-13/h1-6,9,11,15H,7-8,10,12H2,(H,23,24,25). The van der Waals surface area contributed by atoms with Crippen molar-refractivity contribution in [3.63, 3.8) is 0 Å². The predicted octanol–water partition coefficient (Wildman–Crippen LogP) is 4.28. The van der Waals surface area contributed by atoms with E-state index in [0.29, 0.717) is 19.0 Å². The van der Waals surface area contributed by atoms with Crippen LogP contribution >= 0.6 is 11.6 Å². The molecule has 1 aliphatic carbocycles. The first-order valence-corrected chi connectivity index (χ1v) is 9.32. The molecule has 0 saturated heterocycles. The van der Waals surface area contributed by atoms with Gasteiger partial charge in [-0.15, -0.1) is 0 Å². The van der Waals surface area contributed by atoms with E-state index in [1.54, 1.807) is 29.4 Å². The minimum atomic E-state index is -0.306. The third-order valence-electron chi connectivity index (χ3n) is 4.46. The highest BCUT2D eigenvalue weighted by Crippen LogP contribution is 2.31. The third-order valence-corrected chi connectivity index (χ3v) is 4.74. The summed E-state index contributed by atoms with van der Waals surface area (Å²) < 4.78 is 18.4. The molecule has 3 aromatic rings. The smallest absolute Gasteiger partial charge is 0.274 e. The number of nitrogens with zero attached hydrogens (tertiary/aromatic N) is 3. The molecule has 1 amide bonds. The van der Waals surface area contributed by atoms with Gasteiger partial charge in [0.1, 0.15) is 11.6 Å². The van der Waals surface area contributed by atoms with E-state index in [-0.39, 0.29) is 28.5 Å². The van der Waals surface area contributed by atoms with Crippen molar-refractivity contribution < 1.29 is 13.6 Å². The Hall–Kier alpha value is -2.93.